The van der Waals surface area contributed by atoms with Gasteiger partial charge in [0.05, 0.1) is 22.9 Å². The molecule has 9 nitrogen and oxygen atoms in total. The van der Waals surface area contributed by atoms with Crippen LogP contribution in [-0.4, -0.2) is 36.5 Å². The zero-order chi connectivity index (χ0) is 23.3. The first kappa shape index (κ1) is 20.5. The third-order valence-electron chi connectivity index (χ3n) is 5.94. The minimum absolute atomic E-state index is 0.0706. The molecule has 1 fully saturated rings. The summed E-state index contributed by atoms with van der Waals surface area (Å²) in [6, 6.07) is 10.7. The number of carbonyl (C=O) groups is 1. The number of rotatable bonds is 4. The molecule has 4 heterocycles. The number of carbonyl (C=O) groups excluding carboxylic acids is 1. The first-order chi connectivity index (χ1) is 15.9. The lowest BCUT2D eigenvalue weighted by Crippen LogP contribution is -2.52. The van der Waals surface area contributed by atoms with E-state index >= 15 is 0 Å². The van der Waals surface area contributed by atoms with E-state index in [0.29, 0.717) is 40.5 Å². The Labute approximate surface area is 189 Å². The quantitative estimate of drug-likeness (QED) is 0.383. The fraction of sp³-hybridized carbons (Fsp3) is 0.208. The van der Waals surface area contributed by atoms with Crippen LogP contribution in [0.2, 0.25) is 0 Å². The smallest absolute Gasteiger partial charge is 0.283 e. The Balaban J connectivity index is 1.77. The molecule has 0 saturated carbocycles. The summed E-state index contributed by atoms with van der Waals surface area (Å²) in [5.41, 5.74) is 7.43. The third-order valence-corrected chi connectivity index (χ3v) is 5.94. The van der Waals surface area contributed by atoms with Gasteiger partial charge in [-0.1, -0.05) is 31.0 Å². The van der Waals surface area contributed by atoms with Gasteiger partial charge in [0.1, 0.15) is 11.3 Å². The number of nitrogens with two attached hydrogens (primary N) is 1. The van der Waals surface area contributed by atoms with Crippen LogP contribution in [0.15, 0.2) is 53.6 Å². The summed E-state index contributed by atoms with van der Waals surface area (Å²) < 4.78 is 3.11. The van der Waals surface area contributed by atoms with Crippen LogP contribution < -0.4 is 16.2 Å². The first-order valence-electron chi connectivity index (χ1n) is 10.5. The van der Waals surface area contributed by atoms with Crippen molar-refractivity contribution in [1.29, 1.82) is 0 Å². The summed E-state index contributed by atoms with van der Waals surface area (Å²) in [7, 11) is 0. The standard InChI is InChI=1S/C24H21N7O2/c1-4-16-10-11-30-20(16)23(33)31(17-8-6-5-7-9-17)22(28-30)19-14(2)13-29(19)21-18(15(3)32)12-26-24(25)27-21/h1,5-12,14,19H,13H2,2-3H3,(H2,25,26,27)/t14-,19-/m0/s1. The van der Waals surface area contributed by atoms with E-state index in [4.69, 9.17) is 17.3 Å². The van der Waals surface area contributed by atoms with Gasteiger partial charge >= 0.3 is 0 Å². The maximum absolute atomic E-state index is 13.7. The van der Waals surface area contributed by atoms with Gasteiger partial charge in [0, 0.05) is 24.9 Å². The molecule has 164 valence electrons. The maximum atomic E-state index is 13.7. The zero-order valence-corrected chi connectivity index (χ0v) is 18.1. The van der Waals surface area contributed by atoms with Crippen LogP contribution in [0.3, 0.4) is 0 Å². The van der Waals surface area contributed by atoms with Crippen molar-refractivity contribution in [3.8, 4) is 18.0 Å². The molecule has 1 aliphatic heterocycles. The van der Waals surface area contributed by atoms with E-state index < -0.39 is 0 Å². The molecule has 9 heteroatoms. The Bertz CT molecular complexity index is 1500. The number of hydrogen-bond donors (Lipinski definition) is 1. The normalized spacial score (nSPS) is 17.5. The highest BCUT2D eigenvalue weighted by atomic mass is 16.1. The SMILES string of the molecule is C#Cc1ccn2nc([C@@H]3[C@@H](C)CN3c3nc(N)ncc3C(C)=O)n(-c3ccccc3)c(=O)c12. The molecule has 4 aromatic rings. The first-order valence-corrected chi connectivity index (χ1v) is 10.5. The van der Waals surface area contributed by atoms with Gasteiger partial charge in [0.25, 0.3) is 5.56 Å². The number of fused-ring (bicyclic) bond motifs is 1. The second kappa shape index (κ2) is 7.60. The number of Topliss-reactive ketones (excluding diaryl/α,β-unsaturated/α-hetero) is 1. The molecule has 33 heavy (non-hydrogen) atoms. The molecule has 1 aliphatic rings. The van der Waals surface area contributed by atoms with Gasteiger partial charge in [0.2, 0.25) is 5.95 Å². The van der Waals surface area contributed by atoms with Gasteiger partial charge in [0.15, 0.2) is 11.6 Å². The number of ketones is 1. The summed E-state index contributed by atoms with van der Waals surface area (Å²) >= 11 is 0. The predicted molar refractivity (Wildman–Crippen MR) is 124 cm³/mol. The van der Waals surface area contributed by atoms with Crippen molar-refractivity contribution < 1.29 is 4.79 Å². The van der Waals surface area contributed by atoms with Crippen molar-refractivity contribution in [2.75, 3.05) is 17.2 Å². The van der Waals surface area contributed by atoms with Gasteiger partial charge in [-0.2, -0.15) is 10.1 Å². The van der Waals surface area contributed by atoms with E-state index in [9.17, 15) is 9.59 Å². The second-order valence-corrected chi connectivity index (χ2v) is 8.10. The number of nitrogens with zero attached hydrogens (tertiary/aromatic N) is 6. The molecule has 2 N–H and O–H groups in total. The lowest BCUT2D eigenvalue weighted by molar-refractivity contribution is 0.101. The molecule has 2 atom stereocenters. The van der Waals surface area contributed by atoms with Crippen molar-refractivity contribution in [2.24, 2.45) is 5.92 Å². The van der Waals surface area contributed by atoms with Crippen molar-refractivity contribution in [2.45, 2.75) is 19.9 Å². The fourth-order valence-corrected chi connectivity index (χ4v) is 4.38. The lowest BCUT2D eigenvalue weighted by atomic mass is 9.88. The number of terminal acetylenes is 1. The number of nitrogen functional groups attached to an aromatic ring is 1. The summed E-state index contributed by atoms with van der Waals surface area (Å²) in [6.45, 7) is 4.14. The summed E-state index contributed by atoms with van der Waals surface area (Å²) in [5.74, 6) is 3.54. The number of benzene rings is 1. The Morgan fingerprint density at radius 3 is 2.67 bits per heavy atom. The topological polar surface area (TPSA) is 111 Å². The van der Waals surface area contributed by atoms with Crippen molar-refractivity contribution in [3.05, 3.63) is 76.1 Å². The molecule has 0 amide bonds. The molecule has 0 bridgehead atoms. The van der Waals surface area contributed by atoms with Crippen LogP contribution >= 0.6 is 0 Å². The molecule has 3 aromatic heterocycles. The Kier molecular flexibility index (Phi) is 4.71. The van der Waals surface area contributed by atoms with Gasteiger partial charge in [-0.05, 0) is 25.1 Å². The average Bonchev–Trinajstić information content (AvgIpc) is 3.21. The maximum Gasteiger partial charge on any atom is 0.283 e. The largest absolute Gasteiger partial charge is 0.368 e. The minimum atomic E-state index is -0.327. The van der Waals surface area contributed by atoms with E-state index in [2.05, 4.69) is 22.8 Å². The molecule has 1 saturated heterocycles. The van der Waals surface area contributed by atoms with E-state index in [1.54, 1.807) is 16.8 Å². The Hall–Kier alpha value is -4.45. The van der Waals surface area contributed by atoms with Crippen LogP contribution in [0, 0.1) is 18.3 Å². The van der Waals surface area contributed by atoms with Crippen LogP contribution in [0.4, 0.5) is 11.8 Å². The number of aromatic nitrogens is 5. The molecule has 1 aromatic carbocycles. The van der Waals surface area contributed by atoms with Crippen LogP contribution in [0.5, 0.6) is 0 Å². The summed E-state index contributed by atoms with van der Waals surface area (Å²) in [6.07, 6.45) is 8.75. The second-order valence-electron chi connectivity index (χ2n) is 8.10. The van der Waals surface area contributed by atoms with E-state index in [-0.39, 0.29) is 29.3 Å². The monoisotopic (exact) mass is 439 g/mol. The minimum Gasteiger partial charge on any atom is -0.368 e. The van der Waals surface area contributed by atoms with Gasteiger partial charge < -0.3 is 10.6 Å². The molecule has 0 unspecified atom stereocenters. The molecular weight excluding hydrogens is 418 g/mol. The highest BCUT2D eigenvalue weighted by Gasteiger charge is 2.43. The van der Waals surface area contributed by atoms with Gasteiger partial charge in [-0.15, -0.1) is 6.42 Å². The lowest BCUT2D eigenvalue weighted by Gasteiger charge is -2.47. The number of para-hydroxylation sites is 1. The molecule has 5 rings (SSSR count). The van der Waals surface area contributed by atoms with E-state index in [1.807, 2.05) is 35.2 Å². The van der Waals surface area contributed by atoms with Crippen molar-refractivity contribution in [3.63, 3.8) is 0 Å². The van der Waals surface area contributed by atoms with E-state index in [0.717, 1.165) is 0 Å². The molecule has 0 spiro atoms. The summed E-state index contributed by atoms with van der Waals surface area (Å²) in [4.78, 5) is 36.2. The van der Waals surface area contributed by atoms with Gasteiger partial charge in [-0.3, -0.25) is 14.2 Å². The molecule has 0 radical (unpaired) electrons. The fourth-order valence-electron chi connectivity index (χ4n) is 4.38. The zero-order valence-electron chi connectivity index (χ0n) is 18.1. The third kappa shape index (κ3) is 3.15. The molecule has 0 aliphatic carbocycles. The van der Waals surface area contributed by atoms with Crippen LogP contribution in [-0.2, 0) is 0 Å². The van der Waals surface area contributed by atoms with Crippen LogP contribution in [0.1, 0.15) is 41.6 Å². The number of anilines is 2. The highest BCUT2D eigenvalue weighted by Crippen LogP contribution is 2.42. The van der Waals surface area contributed by atoms with Crippen molar-refractivity contribution >= 4 is 23.1 Å². The predicted octanol–water partition coefficient (Wildman–Crippen LogP) is 2.24. The van der Waals surface area contributed by atoms with E-state index in [1.165, 1.54) is 17.6 Å². The van der Waals surface area contributed by atoms with Gasteiger partial charge in [-0.25, -0.2) is 9.50 Å². The Morgan fingerprint density at radius 2 is 2.00 bits per heavy atom. The average molecular weight is 439 g/mol. The number of hydrogen-bond acceptors (Lipinski definition) is 7. The van der Waals surface area contributed by atoms with Crippen LogP contribution in [0.25, 0.3) is 11.2 Å². The Morgan fingerprint density at radius 1 is 1.24 bits per heavy atom. The van der Waals surface area contributed by atoms with Crippen molar-refractivity contribution in [1.82, 2.24) is 24.1 Å². The highest BCUT2D eigenvalue weighted by molar-refractivity contribution is 5.98. The summed E-state index contributed by atoms with van der Waals surface area (Å²) in [5, 5.41) is 4.81. The molecular formula is C24H21N7O2.